The van der Waals surface area contributed by atoms with Crippen molar-refractivity contribution in [2.24, 2.45) is 11.7 Å². The second kappa shape index (κ2) is 3.11. The third-order valence-corrected chi connectivity index (χ3v) is 2.79. The van der Waals surface area contributed by atoms with E-state index in [1.807, 2.05) is 13.0 Å². The molecule has 0 saturated heterocycles. The monoisotopic (exact) mass is 179 g/mol. The second-order valence-electron chi connectivity index (χ2n) is 3.92. The highest BCUT2D eigenvalue weighted by atomic mass is 19.1. The number of hydrogen-bond acceptors (Lipinski definition) is 1. The first-order valence-electron chi connectivity index (χ1n) is 4.69. The van der Waals surface area contributed by atoms with Crippen LogP contribution in [0.2, 0.25) is 0 Å². The van der Waals surface area contributed by atoms with E-state index in [0.29, 0.717) is 11.8 Å². The maximum Gasteiger partial charge on any atom is 0.123 e. The SMILES string of the molecule is C[C@H](N)[C@H]1C[C@H]1c1cccc(F)c1. The number of nitrogens with two attached hydrogens (primary N) is 1. The average Bonchev–Trinajstić information content (AvgIpc) is 2.82. The summed E-state index contributed by atoms with van der Waals surface area (Å²) in [5.41, 5.74) is 6.87. The third kappa shape index (κ3) is 1.73. The van der Waals surface area contributed by atoms with Crippen molar-refractivity contribution in [3.8, 4) is 0 Å². The molecule has 1 aromatic rings. The summed E-state index contributed by atoms with van der Waals surface area (Å²) in [6.45, 7) is 2.02. The first-order valence-corrected chi connectivity index (χ1v) is 4.69. The molecule has 1 fully saturated rings. The largest absolute Gasteiger partial charge is 0.328 e. The van der Waals surface area contributed by atoms with Crippen molar-refractivity contribution in [3.63, 3.8) is 0 Å². The molecule has 13 heavy (non-hydrogen) atoms. The van der Waals surface area contributed by atoms with E-state index in [1.165, 1.54) is 6.07 Å². The van der Waals surface area contributed by atoms with Crippen molar-refractivity contribution < 1.29 is 4.39 Å². The Morgan fingerprint density at radius 1 is 1.54 bits per heavy atom. The molecule has 2 rings (SSSR count). The van der Waals surface area contributed by atoms with Crippen LogP contribution >= 0.6 is 0 Å². The highest BCUT2D eigenvalue weighted by molar-refractivity contribution is 5.27. The van der Waals surface area contributed by atoms with Gasteiger partial charge >= 0.3 is 0 Å². The van der Waals surface area contributed by atoms with Crippen LogP contribution < -0.4 is 5.73 Å². The number of hydrogen-bond donors (Lipinski definition) is 1. The molecule has 0 spiro atoms. The van der Waals surface area contributed by atoms with Gasteiger partial charge in [0.15, 0.2) is 0 Å². The molecule has 70 valence electrons. The summed E-state index contributed by atoms with van der Waals surface area (Å²) in [4.78, 5) is 0. The van der Waals surface area contributed by atoms with Crippen LogP contribution in [0.3, 0.4) is 0 Å². The fraction of sp³-hybridized carbons (Fsp3) is 0.455. The highest BCUT2D eigenvalue weighted by Crippen LogP contribution is 2.48. The Balaban J connectivity index is 2.12. The van der Waals surface area contributed by atoms with Crippen molar-refractivity contribution in [3.05, 3.63) is 35.6 Å². The predicted octanol–water partition coefficient (Wildman–Crippen LogP) is 2.28. The van der Waals surface area contributed by atoms with Crippen LogP contribution in [-0.4, -0.2) is 6.04 Å². The molecule has 3 atom stereocenters. The van der Waals surface area contributed by atoms with Gasteiger partial charge in [0, 0.05) is 6.04 Å². The Hall–Kier alpha value is -0.890. The lowest BCUT2D eigenvalue weighted by Gasteiger charge is -2.03. The summed E-state index contributed by atoms with van der Waals surface area (Å²) in [5, 5.41) is 0. The molecule has 2 N–H and O–H groups in total. The normalized spacial score (nSPS) is 28.5. The van der Waals surface area contributed by atoms with Gasteiger partial charge in [-0.3, -0.25) is 0 Å². The minimum atomic E-state index is -0.146. The van der Waals surface area contributed by atoms with Gasteiger partial charge < -0.3 is 5.73 Å². The van der Waals surface area contributed by atoms with Crippen molar-refractivity contribution in [2.75, 3.05) is 0 Å². The van der Waals surface area contributed by atoms with Crippen molar-refractivity contribution in [1.29, 1.82) is 0 Å². The van der Waals surface area contributed by atoms with E-state index in [9.17, 15) is 4.39 Å². The Kier molecular flexibility index (Phi) is 2.08. The van der Waals surface area contributed by atoms with Gasteiger partial charge in [-0.1, -0.05) is 12.1 Å². The third-order valence-electron chi connectivity index (χ3n) is 2.79. The van der Waals surface area contributed by atoms with E-state index >= 15 is 0 Å². The zero-order valence-electron chi connectivity index (χ0n) is 7.70. The van der Waals surface area contributed by atoms with Gasteiger partial charge in [-0.25, -0.2) is 4.39 Å². The summed E-state index contributed by atoms with van der Waals surface area (Å²) in [6, 6.07) is 7.07. The summed E-state index contributed by atoms with van der Waals surface area (Å²) >= 11 is 0. The van der Waals surface area contributed by atoms with E-state index < -0.39 is 0 Å². The van der Waals surface area contributed by atoms with Crippen LogP contribution in [-0.2, 0) is 0 Å². The van der Waals surface area contributed by atoms with E-state index in [0.717, 1.165) is 12.0 Å². The molecule has 0 heterocycles. The standard InChI is InChI=1S/C11H14FN/c1-7(13)10-6-11(10)8-3-2-4-9(12)5-8/h2-5,7,10-11H,6,13H2,1H3/t7-,10+,11-/m0/s1. The minimum Gasteiger partial charge on any atom is -0.328 e. The van der Waals surface area contributed by atoms with Crippen molar-refractivity contribution >= 4 is 0 Å². The molecule has 0 aliphatic heterocycles. The molecular weight excluding hydrogens is 165 g/mol. The summed E-state index contributed by atoms with van der Waals surface area (Å²) in [5.74, 6) is 0.908. The van der Waals surface area contributed by atoms with Crippen LogP contribution in [0.15, 0.2) is 24.3 Å². The summed E-state index contributed by atoms with van der Waals surface area (Å²) in [6.07, 6.45) is 1.11. The molecule has 1 aliphatic rings. The Labute approximate surface area is 77.8 Å². The smallest absolute Gasteiger partial charge is 0.123 e. The number of benzene rings is 1. The summed E-state index contributed by atoms with van der Waals surface area (Å²) < 4.78 is 12.9. The molecule has 1 aliphatic carbocycles. The van der Waals surface area contributed by atoms with Crippen LogP contribution in [0.25, 0.3) is 0 Å². The van der Waals surface area contributed by atoms with Crippen LogP contribution in [0.5, 0.6) is 0 Å². The highest BCUT2D eigenvalue weighted by Gasteiger charge is 2.40. The summed E-state index contributed by atoms with van der Waals surface area (Å²) in [7, 11) is 0. The van der Waals surface area contributed by atoms with Gasteiger partial charge in [0.25, 0.3) is 0 Å². The van der Waals surface area contributed by atoms with Crippen LogP contribution in [0, 0.1) is 11.7 Å². The fourth-order valence-corrected chi connectivity index (χ4v) is 1.92. The number of halogens is 1. The minimum absolute atomic E-state index is 0.146. The van der Waals surface area contributed by atoms with Crippen molar-refractivity contribution in [1.82, 2.24) is 0 Å². The molecule has 1 saturated carbocycles. The first kappa shape index (κ1) is 8.70. The zero-order valence-corrected chi connectivity index (χ0v) is 7.70. The van der Waals surface area contributed by atoms with Gasteiger partial charge in [0.2, 0.25) is 0 Å². The Morgan fingerprint density at radius 3 is 2.85 bits per heavy atom. The van der Waals surface area contributed by atoms with Gasteiger partial charge in [-0.15, -0.1) is 0 Å². The molecule has 1 nitrogen and oxygen atoms in total. The predicted molar refractivity (Wildman–Crippen MR) is 50.9 cm³/mol. The number of rotatable bonds is 2. The average molecular weight is 179 g/mol. The quantitative estimate of drug-likeness (QED) is 0.740. The lowest BCUT2D eigenvalue weighted by Crippen LogP contribution is -2.17. The fourth-order valence-electron chi connectivity index (χ4n) is 1.92. The molecule has 0 aromatic heterocycles. The molecule has 0 radical (unpaired) electrons. The van der Waals surface area contributed by atoms with Crippen molar-refractivity contribution in [2.45, 2.75) is 25.3 Å². The zero-order chi connectivity index (χ0) is 9.42. The topological polar surface area (TPSA) is 26.0 Å². The van der Waals surface area contributed by atoms with E-state index in [-0.39, 0.29) is 11.9 Å². The molecule has 0 amide bonds. The van der Waals surface area contributed by atoms with Gasteiger partial charge in [0.05, 0.1) is 0 Å². The van der Waals surface area contributed by atoms with Crippen LogP contribution in [0.1, 0.15) is 24.8 Å². The lowest BCUT2D eigenvalue weighted by atomic mass is 10.1. The van der Waals surface area contributed by atoms with Crippen LogP contribution in [0.4, 0.5) is 4.39 Å². The van der Waals surface area contributed by atoms with Gasteiger partial charge in [-0.2, -0.15) is 0 Å². The lowest BCUT2D eigenvalue weighted by molar-refractivity contribution is 0.616. The molecule has 2 heteroatoms. The van der Waals surface area contributed by atoms with Gasteiger partial charge in [0.1, 0.15) is 5.82 Å². The van der Waals surface area contributed by atoms with E-state index in [4.69, 9.17) is 5.73 Å². The molecule has 0 unspecified atom stereocenters. The van der Waals surface area contributed by atoms with Gasteiger partial charge in [-0.05, 0) is 42.9 Å². The van der Waals surface area contributed by atoms with E-state index in [1.54, 1.807) is 12.1 Å². The Bertz CT molecular complexity index is 309. The second-order valence-corrected chi connectivity index (χ2v) is 3.92. The molecular formula is C11H14FN. The maximum absolute atomic E-state index is 12.9. The molecule has 1 aromatic carbocycles. The maximum atomic E-state index is 12.9. The first-order chi connectivity index (χ1) is 6.18. The van der Waals surface area contributed by atoms with E-state index in [2.05, 4.69) is 0 Å². The Morgan fingerprint density at radius 2 is 2.31 bits per heavy atom. The molecule has 0 bridgehead atoms.